The van der Waals surface area contributed by atoms with Crippen LogP contribution in [-0.2, 0) is 6.67 Å². The lowest BCUT2D eigenvalue weighted by molar-refractivity contribution is -0.384. The maximum absolute atomic E-state index is 10.7. The van der Waals surface area contributed by atoms with Crippen LogP contribution in [0.3, 0.4) is 0 Å². The second kappa shape index (κ2) is 4.38. The summed E-state index contributed by atoms with van der Waals surface area (Å²) in [6.07, 6.45) is 4.25. The number of nitrogens with zero attached hydrogens (tertiary/aromatic N) is 4. The number of rotatable bonds is 3. The highest BCUT2D eigenvalue weighted by Crippen LogP contribution is 2.20. The van der Waals surface area contributed by atoms with Crippen LogP contribution >= 0.6 is 0 Å². The fourth-order valence-corrected chi connectivity index (χ4v) is 2.42. The quantitative estimate of drug-likeness (QED) is 0.613. The minimum absolute atomic E-state index is 0.0916. The third-order valence-corrected chi connectivity index (χ3v) is 3.37. The van der Waals surface area contributed by atoms with Gasteiger partial charge in [-0.25, -0.2) is 4.98 Å². The standard InChI is InChI=1S/C12H14N4O2/c17-16(18)10-3-4-12-11(7-10)13-8-15(12)9-14-5-1-2-6-14/h3-4,7-8H,1-2,5-6,9H2. The molecule has 3 rings (SSSR count). The Morgan fingerprint density at radius 2 is 2.11 bits per heavy atom. The van der Waals surface area contributed by atoms with Gasteiger partial charge in [-0.05, 0) is 32.0 Å². The minimum Gasteiger partial charge on any atom is -0.317 e. The van der Waals surface area contributed by atoms with E-state index >= 15 is 0 Å². The molecule has 1 aliphatic rings. The average molecular weight is 246 g/mol. The van der Waals surface area contributed by atoms with E-state index in [9.17, 15) is 10.1 Å². The number of hydrogen-bond donors (Lipinski definition) is 0. The second-order valence-electron chi connectivity index (χ2n) is 4.61. The molecule has 0 saturated carbocycles. The molecule has 0 radical (unpaired) electrons. The highest BCUT2D eigenvalue weighted by atomic mass is 16.6. The highest BCUT2D eigenvalue weighted by Gasteiger charge is 2.14. The summed E-state index contributed by atoms with van der Waals surface area (Å²) in [7, 11) is 0. The lowest BCUT2D eigenvalue weighted by atomic mass is 10.3. The van der Waals surface area contributed by atoms with Crippen molar-refractivity contribution in [1.29, 1.82) is 0 Å². The predicted molar refractivity (Wildman–Crippen MR) is 67.2 cm³/mol. The largest absolute Gasteiger partial charge is 0.317 e. The van der Waals surface area contributed by atoms with Crippen LogP contribution in [-0.4, -0.2) is 32.5 Å². The molecule has 1 aliphatic heterocycles. The van der Waals surface area contributed by atoms with Crippen molar-refractivity contribution in [1.82, 2.24) is 14.5 Å². The number of non-ortho nitro benzene ring substituents is 1. The predicted octanol–water partition coefficient (Wildman–Crippen LogP) is 2.00. The van der Waals surface area contributed by atoms with E-state index in [4.69, 9.17) is 0 Å². The molecular formula is C12H14N4O2. The molecule has 0 aliphatic carbocycles. The number of nitro benzene ring substituents is 1. The van der Waals surface area contributed by atoms with E-state index in [1.807, 2.05) is 4.57 Å². The Morgan fingerprint density at radius 1 is 1.33 bits per heavy atom. The fraction of sp³-hybridized carbons (Fsp3) is 0.417. The third-order valence-electron chi connectivity index (χ3n) is 3.37. The molecule has 1 aromatic heterocycles. The van der Waals surface area contributed by atoms with Crippen molar-refractivity contribution in [2.24, 2.45) is 0 Å². The Labute approximate surface area is 104 Å². The van der Waals surface area contributed by atoms with Gasteiger partial charge >= 0.3 is 0 Å². The first kappa shape index (κ1) is 11.2. The summed E-state index contributed by atoms with van der Waals surface area (Å²) >= 11 is 0. The maximum atomic E-state index is 10.7. The summed E-state index contributed by atoms with van der Waals surface area (Å²) in [6, 6.07) is 4.83. The summed E-state index contributed by atoms with van der Waals surface area (Å²) < 4.78 is 2.05. The molecule has 0 amide bonds. The zero-order valence-corrected chi connectivity index (χ0v) is 9.95. The molecule has 94 valence electrons. The Bertz CT molecular complexity index is 587. The molecule has 6 heteroatoms. The van der Waals surface area contributed by atoms with E-state index in [-0.39, 0.29) is 10.6 Å². The molecule has 0 atom stereocenters. The van der Waals surface area contributed by atoms with Gasteiger partial charge in [-0.2, -0.15) is 0 Å². The first-order chi connectivity index (χ1) is 8.74. The summed E-state index contributed by atoms with van der Waals surface area (Å²) in [5.74, 6) is 0. The van der Waals surface area contributed by atoms with Crippen LogP contribution in [0.5, 0.6) is 0 Å². The van der Waals surface area contributed by atoms with Gasteiger partial charge in [-0.1, -0.05) is 0 Å². The van der Waals surface area contributed by atoms with Crippen LogP contribution in [0.4, 0.5) is 5.69 Å². The van der Waals surface area contributed by atoms with Gasteiger partial charge in [-0.3, -0.25) is 15.0 Å². The van der Waals surface area contributed by atoms with Crippen molar-refractivity contribution < 1.29 is 4.92 Å². The first-order valence-electron chi connectivity index (χ1n) is 6.06. The van der Waals surface area contributed by atoms with Gasteiger partial charge in [0, 0.05) is 12.1 Å². The van der Waals surface area contributed by atoms with E-state index in [0.29, 0.717) is 5.52 Å². The molecule has 0 spiro atoms. The third kappa shape index (κ3) is 1.95. The summed E-state index contributed by atoms with van der Waals surface area (Å²) in [6.45, 7) is 3.05. The number of imidazole rings is 1. The van der Waals surface area contributed by atoms with Gasteiger partial charge in [-0.15, -0.1) is 0 Å². The van der Waals surface area contributed by atoms with E-state index < -0.39 is 0 Å². The van der Waals surface area contributed by atoms with Crippen LogP contribution < -0.4 is 0 Å². The number of likely N-dealkylation sites (tertiary alicyclic amines) is 1. The molecule has 0 N–H and O–H groups in total. The zero-order chi connectivity index (χ0) is 12.5. The molecule has 1 aromatic carbocycles. The molecule has 18 heavy (non-hydrogen) atoms. The Kier molecular flexibility index (Phi) is 2.71. The Hall–Kier alpha value is -1.95. The number of aromatic nitrogens is 2. The SMILES string of the molecule is O=[N+]([O-])c1ccc2c(c1)ncn2CN1CCCC1. The van der Waals surface area contributed by atoms with Gasteiger partial charge in [0.05, 0.1) is 29.0 Å². The van der Waals surface area contributed by atoms with Crippen molar-refractivity contribution >= 4 is 16.7 Å². The van der Waals surface area contributed by atoms with Gasteiger partial charge in [0.25, 0.3) is 5.69 Å². The van der Waals surface area contributed by atoms with Gasteiger partial charge < -0.3 is 4.57 Å². The first-order valence-corrected chi connectivity index (χ1v) is 6.06. The van der Waals surface area contributed by atoms with Gasteiger partial charge in [0.15, 0.2) is 0 Å². The average Bonchev–Trinajstić information content (AvgIpc) is 2.99. The zero-order valence-electron chi connectivity index (χ0n) is 9.95. The monoisotopic (exact) mass is 246 g/mol. The van der Waals surface area contributed by atoms with Crippen LogP contribution in [0.25, 0.3) is 11.0 Å². The molecule has 0 unspecified atom stereocenters. The Morgan fingerprint density at radius 3 is 2.83 bits per heavy atom. The molecular weight excluding hydrogens is 232 g/mol. The van der Waals surface area contributed by atoms with Crippen molar-refractivity contribution in [3.63, 3.8) is 0 Å². The normalized spacial score (nSPS) is 16.4. The topological polar surface area (TPSA) is 64.2 Å². The Balaban J connectivity index is 1.91. The van der Waals surface area contributed by atoms with E-state index in [2.05, 4.69) is 9.88 Å². The number of nitro groups is 1. The number of hydrogen-bond acceptors (Lipinski definition) is 4. The van der Waals surface area contributed by atoms with Crippen molar-refractivity contribution in [3.05, 3.63) is 34.6 Å². The second-order valence-corrected chi connectivity index (χ2v) is 4.61. The van der Waals surface area contributed by atoms with Crippen LogP contribution in [0.2, 0.25) is 0 Å². The van der Waals surface area contributed by atoms with Crippen molar-refractivity contribution in [2.45, 2.75) is 19.5 Å². The summed E-state index contributed by atoms with van der Waals surface area (Å²) in [5.41, 5.74) is 1.73. The van der Waals surface area contributed by atoms with Gasteiger partial charge in [0.1, 0.15) is 0 Å². The molecule has 6 nitrogen and oxygen atoms in total. The summed E-state index contributed by atoms with van der Waals surface area (Å²) in [5, 5.41) is 10.7. The van der Waals surface area contributed by atoms with Crippen molar-refractivity contribution in [2.75, 3.05) is 13.1 Å². The molecule has 0 bridgehead atoms. The summed E-state index contributed by atoms with van der Waals surface area (Å²) in [4.78, 5) is 16.9. The number of benzene rings is 1. The number of fused-ring (bicyclic) bond motifs is 1. The minimum atomic E-state index is -0.390. The lowest BCUT2D eigenvalue weighted by Gasteiger charge is -2.15. The van der Waals surface area contributed by atoms with E-state index in [1.165, 1.54) is 25.0 Å². The fourth-order valence-electron chi connectivity index (χ4n) is 2.42. The van der Waals surface area contributed by atoms with Gasteiger partial charge in [0.2, 0.25) is 0 Å². The van der Waals surface area contributed by atoms with E-state index in [1.54, 1.807) is 12.4 Å². The molecule has 1 fully saturated rings. The van der Waals surface area contributed by atoms with Crippen LogP contribution in [0.1, 0.15) is 12.8 Å². The smallest absolute Gasteiger partial charge is 0.271 e. The highest BCUT2D eigenvalue weighted by molar-refractivity contribution is 5.77. The molecule has 1 saturated heterocycles. The lowest BCUT2D eigenvalue weighted by Crippen LogP contribution is -2.22. The van der Waals surface area contributed by atoms with Crippen molar-refractivity contribution in [3.8, 4) is 0 Å². The maximum Gasteiger partial charge on any atom is 0.271 e. The van der Waals surface area contributed by atoms with Crippen LogP contribution in [0.15, 0.2) is 24.5 Å². The van der Waals surface area contributed by atoms with E-state index in [0.717, 1.165) is 25.3 Å². The molecule has 2 heterocycles. The van der Waals surface area contributed by atoms with Crippen LogP contribution in [0, 0.1) is 10.1 Å². The molecule has 2 aromatic rings.